The minimum atomic E-state index is -4.37. The van der Waals surface area contributed by atoms with Gasteiger partial charge in [-0.25, -0.2) is 5.43 Å². The van der Waals surface area contributed by atoms with E-state index >= 15 is 0 Å². The number of alkyl halides is 3. The lowest BCUT2D eigenvalue weighted by Crippen LogP contribution is -2.18. The molecule has 1 N–H and O–H groups in total. The van der Waals surface area contributed by atoms with E-state index in [-0.39, 0.29) is 11.3 Å². The van der Waals surface area contributed by atoms with Gasteiger partial charge in [0.2, 0.25) is 0 Å². The Balaban J connectivity index is 1.98. The first-order valence-electron chi connectivity index (χ1n) is 7.68. The molecule has 0 atom stereocenters. The Hall–Kier alpha value is -2.63. The van der Waals surface area contributed by atoms with Crippen LogP contribution in [0.15, 0.2) is 53.6 Å². The van der Waals surface area contributed by atoms with Gasteiger partial charge in [-0.05, 0) is 40.8 Å². The molecule has 0 saturated heterocycles. The first kappa shape index (κ1) is 18.7. The summed E-state index contributed by atoms with van der Waals surface area (Å²) < 4.78 is 37.4. The second-order valence-corrected chi connectivity index (χ2v) is 6.65. The molecule has 0 unspecified atom stereocenters. The minimum Gasteiger partial charge on any atom is -0.267 e. The summed E-state index contributed by atoms with van der Waals surface area (Å²) in [5.74, 6) is -0.386. The molecule has 2 rings (SSSR count). The molecular formula is C19H19F3N2O. The molecule has 2 aromatic rings. The zero-order chi connectivity index (χ0) is 18.7. The van der Waals surface area contributed by atoms with Crippen LogP contribution in [-0.2, 0) is 11.6 Å². The van der Waals surface area contributed by atoms with Crippen LogP contribution in [-0.4, -0.2) is 12.1 Å². The summed E-state index contributed by atoms with van der Waals surface area (Å²) in [6.07, 6.45) is -3.08. The van der Waals surface area contributed by atoms with E-state index < -0.39 is 11.7 Å². The number of hydrogen-bond acceptors (Lipinski definition) is 2. The van der Waals surface area contributed by atoms with Gasteiger partial charge in [-0.1, -0.05) is 45.0 Å². The number of nitrogens with zero attached hydrogens (tertiary/aromatic N) is 1. The lowest BCUT2D eigenvalue weighted by atomic mass is 9.87. The van der Waals surface area contributed by atoms with Gasteiger partial charge in [0.25, 0.3) is 5.91 Å². The number of carbonyl (C=O) groups is 1. The van der Waals surface area contributed by atoms with Crippen molar-refractivity contribution in [2.45, 2.75) is 32.4 Å². The zero-order valence-electron chi connectivity index (χ0n) is 14.2. The van der Waals surface area contributed by atoms with Crippen LogP contribution in [0.1, 0.15) is 47.8 Å². The summed E-state index contributed by atoms with van der Waals surface area (Å²) in [5.41, 5.74) is 3.65. The largest absolute Gasteiger partial charge is 0.416 e. The van der Waals surface area contributed by atoms with Crippen molar-refractivity contribution in [1.29, 1.82) is 0 Å². The number of nitrogens with one attached hydrogen (secondary N) is 1. The lowest BCUT2D eigenvalue weighted by molar-refractivity contribution is -0.137. The predicted octanol–water partition coefficient (Wildman–Crippen LogP) is 4.77. The van der Waals surface area contributed by atoms with Crippen LogP contribution in [0.5, 0.6) is 0 Å². The van der Waals surface area contributed by atoms with E-state index in [0.29, 0.717) is 11.1 Å². The van der Waals surface area contributed by atoms with Crippen molar-refractivity contribution in [2.75, 3.05) is 0 Å². The van der Waals surface area contributed by atoms with Gasteiger partial charge < -0.3 is 0 Å². The molecule has 0 radical (unpaired) electrons. The number of carbonyl (C=O) groups excluding carboxylic acids is 1. The molecule has 0 aliphatic heterocycles. The molecule has 2 aromatic carbocycles. The van der Waals surface area contributed by atoms with E-state index in [9.17, 15) is 18.0 Å². The molecule has 0 aromatic heterocycles. The van der Waals surface area contributed by atoms with Gasteiger partial charge in [0.15, 0.2) is 0 Å². The maximum Gasteiger partial charge on any atom is 0.416 e. The van der Waals surface area contributed by atoms with Crippen LogP contribution in [0.25, 0.3) is 0 Å². The summed E-state index contributed by atoms with van der Waals surface area (Å²) in [7, 11) is 0. The third-order valence-corrected chi connectivity index (χ3v) is 3.63. The molecule has 132 valence electrons. The molecule has 6 heteroatoms. The Morgan fingerprint density at radius 1 is 0.920 bits per heavy atom. The van der Waals surface area contributed by atoms with Gasteiger partial charge in [0.05, 0.1) is 11.8 Å². The molecule has 0 spiro atoms. The number of halogens is 3. The van der Waals surface area contributed by atoms with Gasteiger partial charge in [0, 0.05) is 5.56 Å². The molecule has 1 amide bonds. The Bertz CT molecular complexity index is 755. The molecule has 3 nitrogen and oxygen atoms in total. The van der Waals surface area contributed by atoms with Crippen molar-refractivity contribution in [2.24, 2.45) is 5.10 Å². The van der Waals surface area contributed by atoms with Gasteiger partial charge in [0.1, 0.15) is 0 Å². The first-order chi connectivity index (χ1) is 11.6. The topological polar surface area (TPSA) is 41.5 Å². The third kappa shape index (κ3) is 5.17. The standard InChI is InChI=1S/C19H19F3N2O/c1-18(2,3)15-10-6-14(7-11-15)17(25)24-23-12-13-4-8-16(9-5-13)19(20,21)22/h4-12H,1-3H3,(H,24,25). The van der Waals surface area contributed by atoms with Crippen molar-refractivity contribution in [1.82, 2.24) is 5.43 Å². The van der Waals surface area contributed by atoms with Gasteiger partial charge in [-0.15, -0.1) is 0 Å². The highest BCUT2D eigenvalue weighted by molar-refractivity contribution is 5.94. The molecular weight excluding hydrogens is 329 g/mol. The smallest absolute Gasteiger partial charge is 0.267 e. The maximum atomic E-state index is 12.5. The van der Waals surface area contributed by atoms with Gasteiger partial charge >= 0.3 is 6.18 Å². The third-order valence-electron chi connectivity index (χ3n) is 3.63. The molecule has 0 aliphatic carbocycles. The summed E-state index contributed by atoms with van der Waals surface area (Å²) in [5, 5.41) is 3.78. The normalized spacial score (nSPS) is 12.4. The van der Waals surface area contributed by atoms with Gasteiger partial charge in [-0.3, -0.25) is 4.79 Å². The van der Waals surface area contributed by atoms with E-state index in [1.807, 2.05) is 12.1 Å². The van der Waals surface area contributed by atoms with Crippen LogP contribution >= 0.6 is 0 Å². The van der Waals surface area contributed by atoms with E-state index in [4.69, 9.17) is 0 Å². The Morgan fingerprint density at radius 3 is 1.92 bits per heavy atom. The van der Waals surface area contributed by atoms with Crippen molar-refractivity contribution in [3.8, 4) is 0 Å². The van der Waals surface area contributed by atoms with E-state index in [2.05, 4.69) is 31.3 Å². The summed E-state index contributed by atoms with van der Waals surface area (Å²) >= 11 is 0. The fourth-order valence-corrected chi connectivity index (χ4v) is 2.11. The highest BCUT2D eigenvalue weighted by Crippen LogP contribution is 2.28. The molecule has 25 heavy (non-hydrogen) atoms. The van der Waals surface area contributed by atoms with E-state index in [1.54, 1.807) is 12.1 Å². The van der Waals surface area contributed by atoms with Crippen LogP contribution in [0.4, 0.5) is 13.2 Å². The van der Waals surface area contributed by atoms with E-state index in [1.165, 1.54) is 18.3 Å². The second-order valence-electron chi connectivity index (χ2n) is 6.65. The number of benzene rings is 2. The zero-order valence-corrected chi connectivity index (χ0v) is 14.2. The van der Waals surface area contributed by atoms with E-state index in [0.717, 1.165) is 17.7 Å². The van der Waals surface area contributed by atoms with Crippen LogP contribution in [0.3, 0.4) is 0 Å². The van der Waals surface area contributed by atoms with Crippen LogP contribution in [0.2, 0.25) is 0 Å². The molecule has 0 heterocycles. The van der Waals surface area contributed by atoms with Crippen LogP contribution in [0, 0.1) is 0 Å². The maximum absolute atomic E-state index is 12.5. The average molecular weight is 348 g/mol. The van der Waals surface area contributed by atoms with Crippen molar-refractivity contribution in [3.05, 3.63) is 70.8 Å². The number of rotatable bonds is 3. The highest BCUT2D eigenvalue weighted by Gasteiger charge is 2.29. The summed E-state index contributed by atoms with van der Waals surface area (Å²) in [6, 6.07) is 11.7. The monoisotopic (exact) mass is 348 g/mol. The Kier molecular flexibility index (Phi) is 5.30. The number of hydrogen-bond donors (Lipinski definition) is 1. The highest BCUT2D eigenvalue weighted by atomic mass is 19.4. The summed E-state index contributed by atoms with van der Waals surface area (Å²) in [4.78, 5) is 12.0. The predicted molar refractivity (Wildman–Crippen MR) is 91.6 cm³/mol. The molecule has 0 fully saturated rings. The Morgan fingerprint density at radius 2 is 1.44 bits per heavy atom. The quantitative estimate of drug-likeness (QED) is 0.630. The first-order valence-corrected chi connectivity index (χ1v) is 7.68. The second kappa shape index (κ2) is 7.09. The fourth-order valence-electron chi connectivity index (χ4n) is 2.11. The van der Waals surface area contributed by atoms with Gasteiger partial charge in [-0.2, -0.15) is 18.3 Å². The number of amides is 1. The SMILES string of the molecule is CC(C)(C)c1ccc(C(=O)NN=Cc2ccc(C(F)(F)F)cc2)cc1. The molecule has 0 bridgehead atoms. The van der Waals surface area contributed by atoms with Crippen molar-refractivity contribution >= 4 is 12.1 Å². The van der Waals surface area contributed by atoms with Crippen LogP contribution < -0.4 is 5.43 Å². The van der Waals surface area contributed by atoms with Crippen molar-refractivity contribution in [3.63, 3.8) is 0 Å². The molecule has 0 aliphatic rings. The minimum absolute atomic E-state index is 0.00423. The Labute approximate surface area is 144 Å². The lowest BCUT2D eigenvalue weighted by Gasteiger charge is -2.18. The number of hydrazone groups is 1. The average Bonchev–Trinajstić information content (AvgIpc) is 2.54. The summed E-state index contributed by atoms with van der Waals surface area (Å²) in [6.45, 7) is 6.24. The molecule has 0 saturated carbocycles. The fraction of sp³-hybridized carbons (Fsp3) is 0.263. The van der Waals surface area contributed by atoms with Crippen molar-refractivity contribution < 1.29 is 18.0 Å².